The SMILES string of the molecule is CC/C=C(/c1ccc(F)cc1F)c1ccc(C[S+]([O-])CC)cc1-c1cn(C)c(=O)cc1C(C)C. The molecule has 1 heterocycles. The minimum Gasteiger partial charge on any atom is -0.616 e. The van der Waals surface area contributed by atoms with Crippen LogP contribution in [0.5, 0.6) is 0 Å². The molecular weight excluding hydrogens is 452 g/mol. The van der Waals surface area contributed by atoms with Gasteiger partial charge in [-0.3, -0.25) is 4.79 Å². The van der Waals surface area contributed by atoms with Crippen LogP contribution in [0.15, 0.2) is 59.5 Å². The van der Waals surface area contributed by atoms with E-state index in [4.69, 9.17) is 0 Å². The van der Waals surface area contributed by atoms with E-state index in [1.165, 1.54) is 16.7 Å². The second-order valence-electron chi connectivity index (χ2n) is 8.65. The molecule has 0 aliphatic heterocycles. The van der Waals surface area contributed by atoms with Gasteiger partial charge in [-0.2, -0.15) is 0 Å². The van der Waals surface area contributed by atoms with Gasteiger partial charge in [-0.1, -0.05) is 39.0 Å². The van der Waals surface area contributed by atoms with Gasteiger partial charge in [-0.05, 0) is 70.9 Å². The van der Waals surface area contributed by atoms with Gasteiger partial charge >= 0.3 is 0 Å². The molecule has 0 fully saturated rings. The van der Waals surface area contributed by atoms with Crippen LogP contribution in [0.3, 0.4) is 0 Å². The van der Waals surface area contributed by atoms with E-state index < -0.39 is 22.8 Å². The van der Waals surface area contributed by atoms with E-state index in [9.17, 15) is 18.1 Å². The molecule has 0 amide bonds. The Balaban J connectivity index is 2.35. The van der Waals surface area contributed by atoms with Gasteiger partial charge in [0.1, 0.15) is 23.1 Å². The van der Waals surface area contributed by atoms with Crippen molar-refractivity contribution < 1.29 is 13.3 Å². The summed E-state index contributed by atoms with van der Waals surface area (Å²) in [6.45, 7) is 7.90. The van der Waals surface area contributed by atoms with Crippen LogP contribution in [0.2, 0.25) is 0 Å². The first-order chi connectivity index (χ1) is 16.2. The molecule has 1 aromatic heterocycles. The summed E-state index contributed by atoms with van der Waals surface area (Å²) >= 11 is -0.999. The third-order valence-electron chi connectivity index (χ3n) is 5.83. The average Bonchev–Trinajstić information content (AvgIpc) is 2.79. The highest BCUT2D eigenvalue weighted by atomic mass is 32.2. The molecule has 0 saturated heterocycles. The van der Waals surface area contributed by atoms with Crippen molar-refractivity contribution in [2.45, 2.75) is 45.8 Å². The van der Waals surface area contributed by atoms with Crippen LogP contribution in [-0.4, -0.2) is 14.9 Å². The largest absolute Gasteiger partial charge is 0.616 e. The fourth-order valence-corrected chi connectivity index (χ4v) is 4.81. The molecule has 6 heteroatoms. The summed E-state index contributed by atoms with van der Waals surface area (Å²) in [5.41, 5.74) is 5.11. The summed E-state index contributed by atoms with van der Waals surface area (Å²) in [5, 5.41) is 0. The lowest BCUT2D eigenvalue weighted by Gasteiger charge is -2.21. The lowest BCUT2D eigenvalue weighted by atomic mass is 9.86. The number of pyridine rings is 1. The van der Waals surface area contributed by atoms with Crippen molar-refractivity contribution >= 4 is 16.7 Å². The highest BCUT2D eigenvalue weighted by Crippen LogP contribution is 2.38. The second-order valence-corrected chi connectivity index (χ2v) is 10.4. The molecule has 3 aromatic rings. The Morgan fingerprint density at radius 1 is 1.06 bits per heavy atom. The smallest absolute Gasteiger partial charge is 0.250 e. The normalized spacial score (nSPS) is 12.9. The van der Waals surface area contributed by atoms with Crippen LogP contribution in [0.4, 0.5) is 8.78 Å². The molecule has 0 N–H and O–H groups in total. The zero-order chi connectivity index (χ0) is 25.0. The van der Waals surface area contributed by atoms with Gasteiger partial charge in [0, 0.05) is 42.1 Å². The van der Waals surface area contributed by atoms with E-state index in [1.807, 2.05) is 58.2 Å². The van der Waals surface area contributed by atoms with Crippen LogP contribution in [0, 0.1) is 11.6 Å². The number of aromatic nitrogens is 1. The standard InChI is InChI=1S/C28H31F2NO2S/c1-6-8-21(23-12-10-20(29)14-27(23)30)22-11-9-19(17-34(33)7-2)13-25(22)26-16-31(5)28(32)15-24(26)18(3)4/h8-16,18H,6-7,17H2,1-5H3/b21-8+. The number of hydrogen-bond donors (Lipinski definition) is 0. The Morgan fingerprint density at radius 3 is 2.38 bits per heavy atom. The molecule has 0 aliphatic carbocycles. The molecule has 0 spiro atoms. The number of rotatable bonds is 8. The van der Waals surface area contributed by atoms with Crippen molar-refractivity contribution in [3.8, 4) is 11.1 Å². The van der Waals surface area contributed by atoms with Gasteiger partial charge < -0.3 is 9.12 Å². The maximum atomic E-state index is 14.9. The number of allylic oxidation sites excluding steroid dienone is 1. The molecular formula is C28H31F2NO2S. The van der Waals surface area contributed by atoms with Gasteiger partial charge in [0.05, 0.1) is 0 Å². The van der Waals surface area contributed by atoms with Crippen LogP contribution < -0.4 is 5.56 Å². The molecule has 34 heavy (non-hydrogen) atoms. The van der Waals surface area contributed by atoms with E-state index in [0.29, 0.717) is 29.1 Å². The molecule has 1 unspecified atom stereocenters. The van der Waals surface area contributed by atoms with E-state index in [1.54, 1.807) is 13.1 Å². The van der Waals surface area contributed by atoms with Crippen LogP contribution >= 0.6 is 0 Å². The Kier molecular flexibility index (Phi) is 8.50. The van der Waals surface area contributed by atoms with Crippen molar-refractivity contribution in [3.63, 3.8) is 0 Å². The molecule has 0 bridgehead atoms. The zero-order valence-corrected chi connectivity index (χ0v) is 21.1. The lowest BCUT2D eigenvalue weighted by Crippen LogP contribution is -2.17. The van der Waals surface area contributed by atoms with E-state index in [2.05, 4.69) is 0 Å². The van der Waals surface area contributed by atoms with Gasteiger partial charge in [0.25, 0.3) is 5.56 Å². The number of nitrogens with zero attached hydrogens (tertiary/aromatic N) is 1. The zero-order valence-electron chi connectivity index (χ0n) is 20.3. The summed E-state index contributed by atoms with van der Waals surface area (Å²) in [7, 11) is 1.70. The number of benzene rings is 2. The van der Waals surface area contributed by atoms with Crippen LogP contribution in [-0.2, 0) is 24.0 Å². The highest BCUT2D eigenvalue weighted by Gasteiger charge is 2.20. The average molecular weight is 484 g/mol. The molecule has 3 nitrogen and oxygen atoms in total. The Labute approximate surface area is 203 Å². The number of aryl methyl sites for hydroxylation is 1. The molecule has 0 saturated carbocycles. The number of hydrogen-bond acceptors (Lipinski definition) is 2. The van der Waals surface area contributed by atoms with E-state index in [0.717, 1.165) is 33.9 Å². The Hall–Kier alpha value is -2.70. The summed E-state index contributed by atoms with van der Waals surface area (Å²) in [4.78, 5) is 12.4. The van der Waals surface area contributed by atoms with Crippen molar-refractivity contribution in [3.05, 3.63) is 99.0 Å². The summed E-state index contributed by atoms with van der Waals surface area (Å²) < 4.78 is 42.4. The van der Waals surface area contributed by atoms with Gasteiger partial charge in [0.15, 0.2) is 0 Å². The summed E-state index contributed by atoms with van der Waals surface area (Å²) in [5.74, 6) is -0.229. The maximum absolute atomic E-state index is 14.9. The second kappa shape index (κ2) is 11.2. The maximum Gasteiger partial charge on any atom is 0.250 e. The van der Waals surface area contributed by atoms with Crippen LogP contribution in [0.1, 0.15) is 62.3 Å². The van der Waals surface area contributed by atoms with Crippen molar-refractivity contribution in [2.24, 2.45) is 7.05 Å². The van der Waals surface area contributed by atoms with Crippen molar-refractivity contribution in [1.82, 2.24) is 4.57 Å². The fourth-order valence-electron chi connectivity index (χ4n) is 4.05. The van der Waals surface area contributed by atoms with Gasteiger partial charge in [0.2, 0.25) is 0 Å². The fraction of sp³-hybridized carbons (Fsp3) is 0.321. The topological polar surface area (TPSA) is 45.1 Å². The molecule has 180 valence electrons. The Morgan fingerprint density at radius 2 is 1.76 bits per heavy atom. The van der Waals surface area contributed by atoms with Crippen LogP contribution in [0.25, 0.3) is 16.7 Å². The molecule has 0 radical (unpaired) electrons. The highest BCUT2D eigenvalue weighted by molar-refractivity contribution is 7.90. The van der Waals surface area contributed by atoms with Gasteiger partial charge in [-0.15, -0.1) is 0 Å². The summed E-state index contributed by atoms with van der Waals surface area (Å²) in [6.07, 6.45) is 4.38. The van der Waals surface area contributed by atoms with E-state index in [-0.39, 0.29) is 11.5 Å². The monoisotopic (exact) mass is 483 g/mol. The lowest BCUT2D eigenvalue weighted by molar-refractivity contribution is 0.581. The third-order valence-corrected chi connectivity index (χ3v) is 7.13. The molecule has 0 aliphatic rings. The third kappa shape index (κ3) is 5.68. The molecule has 3 rings (SSSR count). The van der Waals surface area contributed by atoms with Crippen molar-refractivity contribution in [2.75, 3.05) is 5.75 Å². The Bertz CT molecular complexity index is 1260. The summed E-state index contributed by atoms with van der Waals surface area (Å²) in [6, 6.07) is 11.1. The van der Waals surface area contributed by atoms with E-state index >= 15 is 0 Å². The minimum atomic E-state index is -0.999. The number of halogens is 2. The first-order valence-corrected chi connectivity index (χ1v) is 13.0. The molecule has 1 atom stereocenters. The molecule has 2 aromatic carbocycles. The van der Waals surface area contributed by atoms with Crippen molar-refractivity contribution in [1.29, 1.82) is 0 Å². The predicted molar refractivity (Wildman–Crippen MR) is 137 cm³/mol. The first kappa shape index (κ1) is 25.9. The first-order valence-electron chi connectivity index (χ1n) is 11.5. The predicted octanol–water partition coefficient (Wildman–Crippen LogP) is 6.56. The quantitative estimate of drug-likeness (QED) is 0.341. The minimum absolute atomic E-state index is 0.0753. The van der Waals surface area contributed by atoms with Gasteiger partial charge in [-0.25, -0.2) is 8.78 Å².